The van der Waals surface area contributed by atoms with Crippen molar-refractivity contribution in [3.05, 3.63) is 80.7 Å². The summed E-state index contributed by atoms with van der Waals surface area (Å²) in [6.45, 7) is 4.86. The molecule has 0 radical (unpaired) electrons. The molecule has 0 saturated carbocycles. The summed E-state index contributed by atoms with van der Waals surface area (Å²) in [5.41, 5.74) is 3.61. The van der Waals surface area contributed by atoms with E-state index in [1.165, 1.54) is 5.56 Å². The van der Waals surface area contributed by atoms with Crippen molar-refractivity contribution in [2.45, 2.75) is 26.4 Å². The molecule has 1 aromatic heterocycles. The maximum atomic E-state index is 12.7. The van der Waals surface area contributed by atoms with Crippen LogP contribution in [0.25, 0.3) is 11.4 Å². The van der Waals surface area contributed by atoms with Crippen molar-refractivity contribution in [2.75, 3.05) is 13.2 Å². The summed E-state index contributed by atoms with van der Waals surface area (Å²) in [5, 5.41) is 0.660. The van der Waals surface area contributed by atoms with Gasteiger partial charge in [0.15, 0.2) is 0 Å². The van der Waals surface area contributed by atoms with Gasteiger partial charge in [0, 0.05) is 36.6 Å². The number of fused-ring (bicyclic) bond motifs is 1. The number of hydrogen-bond donors (Lipinski definition) is 1. The summed E-state index contributed by atoms with van der Waals surface area (Å²) >= 11 is 5.95. The van der Waals surface area contributed by atoms with Gasteiger partial charge in [0.05, 0.1) is 17.9 Å². The smallest absolute Gasteiger partial charge is 0.255 e. The van der Waals surface area contributed by atoms with Gasteiger partial charge in [-0.05, 0) is 48.9 Å². The molecule has 2 heterocycles. The Kier molecular flexibility index (Phi) is 5.46. The van der Waals surface area contributed by atoms with E-state index in [9.17, 15) is 4.79 Å². The van der Waals surface area contributed by atoms with Gasteiger partial charge in [-0.1, -0.05) is 23.7 Å². The van der Waals surface area contributed by atoms with E-state index in [1.807, 2.05) is 31.2 Å². The molecule has 0 saturated heterocycles. The number of rotatable bonds is 5. The van der Waals surface area contributed by atoms with Gasteiger partial charge >= 0.3 is 0 Å². The van der Waals surface area contributed by atoms with Crippen LogP contribution in [0.5, 0.6) is 5.75 Å². The highest BCUT2D eigenvalue weighted by atomic mass is 35.5. The van der Waals surface area contributed by atoms with Gasteiger partial charge in [0.1, 0.15) is 11.6 Å². The summed E-state index contributed by atoms with van der Waals surface area (Å²) in [4.78, 5) is 22.6. The lowest BCUT2D eigenvalue weighted by Gasteiger charge is -2.27. The predicted molar refractivity (Wildman–Crippen MR) is 111 cm³/mol. The zero-order valence-corrected chi connectivity index (χ0v) is 16.5. The molecule has 3 aromatic rings. The highest BCUT2D eigenvalue weighted by Crippen LogP contribution is 2.22. The number of nitrogens with zero attached hydrogens (tertiary/aromatic N) is 2. The lowest BCUT2D eigenvalue weighted by Crippen LogP contribution is -2.35. The van der Waals surface area contributed by atoms with Crippen molar-refractivity contribution < 1.29 is 4.74 Å². The van der Waals surface area contributed by atoms with E-state index in [-0.39, 0.29) is 5.56 Å². The Bertz CT molecular complexity index is 1030. The maximum Gasteiger partial charge on any atom is 0.255 e. The zero-order chi connectivity index (χ0) is 19.5. The second-order valence-electron chi connectivity index (χ2n) is 6.89. The van der Waals surface area contributed by atoms with E-state index in [2.05, 4.69) is 22.0 Å². The highest BCUT2D eigenvalue weighted by molar-refractivity contribution is 6.30. The molecule has 0 unspecified atom stereocenters. The average Bonchev–Trinajstić information content (AvgIpc) is 2.69. The van der Waals surface area contributed by atoms with Gasteiger partial charge < -0.3 is 9.72 Å². The number of aromatic nitrogens is 2. The fraction of sp³-hybridized carbons (Fsp3) is 0.273. The maximum absolute atomic E-state index is 12.7. The van der Waals surface area contributed by atoms with Crippen LogP contribution in [0.2, 0.25) is 5.02 Å². The Morgan fingerprint density at radius 2 is 2.04 bits per heavy atom. The molecule has 1 aliphatic heterocycles. The first-order valence-electron chi connectivity index (χ1n) is 9.44. The highest BCUT2D eigenvalue weighted by Gasteiger charge is 2.21. The van der Waals surface area contributed by atoms with Crippen molar-refractivity contribution in [3.8, 4) is 17.1 Å². The fourth-order valence-electron chi connectivity index (χ4n) is 3.52. The summed E-state index contributed by atoms with van der Waals surface area (Å²) in [6, 6.07) is 15.5. The van der Waals surface area contributed by atoms with Crippen molar-refractivity contribution >= 4 is 11.6 Å². The second-order valence-corrected chi connectivity index (χ2v) is 7.32. The van der Waals surface area contributed by atoms with Crippen LogP contribution in [0, 0.1) is 0 Å². The zero-order valence-electron chi connectivity index (χ0n) is 15.7. The van der Waals surface area contributed by atoms with Crippen LogP contribution >= 0.6 is 11.6 Å². The third kappa shape index (κ3) is 4.11. The minimum absolute atomic E-state index is 0.0669. The normalized spacial score (nSPS) is 13.9. The first-order valence-corrected chi connectivity index (χ1v) is 9.82. The van der Waals surface area contributed by atoms with Gasteiger partial charge in [0.2, 0.25) is 0 Å². The Morgan fingerprint density at radius 3 is 2.82 bits per heavy atom. The largest absolute Gasteiger partial charge is 0.494 e. The summed E-state index contributed by atoms with van der Waals surface area (Å²) < 4.78 is 5.58. The monoisotopic (exact) mass is 395 g/mol. The number of benzene rings is 2. The quantitative estimate of drug-likeness (QED) is 0.708. The molecule has 144 valence electrons. The summed E-state index contributed by atoms with van der Waals surface area (Å²) in [5.74, 6) is 1.47. The second kappa shape index (κ2) is 8.17. The lowest BCUT2D eigenvalue weighted by atomic mass is 10.1. The third-order valence-electron chi connectivity index (χ3n) is 4.88. The van der Waals surface area contributed by atoms with Gasteiger partial charge in [-0.2, -0.15) is 0 Å². The van der Waals surface area contributed by atoms with Crippen LogP contribution in [-0.4, -0.2) is 28.0 Å². The predicted octanol–water partition coefficient (Wildman–Crippen LogP) is 4.05. The van der Waals surface area contributed by atoms with E-state index in [0.29, 0.717) is 24.0 Å². The molecule has 0 amide bonds. The standard InChI is InChI=1S/C22H22ClN3O2/c1-2-28-18-5-3-4-15(12-18)13-26-11-10-20-19(14-26)22(27)25-21(24-20)16-6-8-17(23)9-7-16/h3-9,12H,2,10-11,13-14H2,1H3,(H,24,25,27). The van der Waals surface area contributed by atoms with Gasteiger partial charge in [-0.15, -0.1) is 0 Å². The molecule has 5 nitrogen and oxygen atoms in total. The van der Waals surface area contributed by atoms with Crippen LogP contribution in [0.15, 0.2) is 53.3 Å². The number of aromatic amines is 1. The van der Waals surface area contributed by atoms with Crippen molar-refractivity contribution in [3.63, 3.8) is 0 Å². The van der Waals surface area contributed by atoms with Crippen LogP contribution in [0.3, 0.4) is 0 Å². The van der Waals surface area contributed by atoms with E-state index < -0.39 is 0 Å². The summed E-state index contributed by atoms with van der Waals surface area (Å²) in [6.07, 6.45) is 0.755. The molecule has 0 atom stereocenters. The first kappa shape index (κ1) is 18.7. The molecule has 28 heavy (non-hydrogen) atoms. The fourth-order valence-corrected chi connectivity index (χ4v) is 3.64. The number of ether oxygens (including phenoxy) is 1. The number of halogens is 1. The van der Waals surface area contributed by atoms with Gasteiger partial charge in [-0.25, -0.2) is 4.98 Å². The molecule has 0 spiro atoms. The number of H-pyrrole nitrogens is 1. The molecule has 1 aliphatic rings. The SMILES string of the molecule is CCOc1cccc(CN2CCc3nc(-c4ccc(Cl)cc4)[nH]c(=O)c3C2)c1. The molecule has 1 N–H and O–H groups in total. The molecule has 0 aliphatic carbocycles. The Labute approximate surface area is 169 Å². The minimum Gasteiger partial charge on any atom is -0.494 e. The number of nitrogens with one attached hydrogen (secondary N) is 1. The van der Waals surface area contributed by atoms with Gasteiger partial charge in [-0.3, -0.25) is 9.69 Å². The van der Waals surface area contributed by atoms with Crippen molar-refractivity contribution in [2.24, 2.45) is 0 Å². The minimum atomic E-state index is -0.0669. The first-order chi connectivity index (χ1) is 13.6. The van der Waals surface area contributed by atoms with E-state index >= 15 is 0 Å². The third-order valence-corrected chi connectivity index (χ3v) is 5.13. The Hall–Kier alpha value is -2.63. The van der Waals surface area contributed by atoms with E-state index in [4.69, 9.17) is 21.3 Å². The van der Waals surface area contributed by atoms with Crippen molar-refractivity contribution in [1.29, 1.82) is 0 Å². The number of hydrogen-bond acceptors (Lipinski definition) is 4. The Balaban J connectivity index is 1.53. The average molecular weight is 396 g/mol. The van der Waals surface area contributed by atoms with Crippen LogP contribution in [0.4, 0.5) is 0 Å². The van der Waals surface area contributed by atoms with E-state index in [0.717, 1.165) is 42.1 Å². The van der Waals surface area contributed by atoms with E-state index in [1.54, 1.807) is 12.1 Å². The lowest BCUT2D eigenvalue weighted by molar-refractivity contribution is 0.241. The molecule has 2 aromatic carbocycles. The molecule has 6 heteroatoms. The summed E-state index contributed by atoms with van der Waals surface area (Å²) in [7, 11) is 0. The Morgan fingerprint density at radius 1 is 1.21 bits per heavy atom. The molecule has 4 rings (SSSR count). The van der Waals surface area contributed by atoms with Crippen LogP contribution < -0.4 is 10.3 Å². The van der Waals surface area contributed by atoms with Gasteiger partial charge in [0.25, 0.3) is 5.56 Å². The molecule has 0 fully saturated rings. The topological polar surface area (TPSA) is 58.2 Å². The van der Waals surface area contributed by atoms with Crippen LogP contribution in [-0.2, 0) is 19.5 Å². The van der Waals surface area contributed by atoms with Crippen molar-refractivity contribution in [1.82, 2.24) is 14.9 Å². The van der Waals surface area contributed by atoms with Crippen LogP contribution in [0.1, 0.15) is 23.7 Å². The molecular formula is C22H22ClN3O2. The molecule has 0 bridgehead atoms. The molecular weight excluding hydrogens is 374 g/mol.